The van der Waals surface area contributed by atoms with Crippen LogP contribution in [-0.2, 0) is 16.0 Å². The monoisotopic (exact) mass is 557 g/mol. The number of para-hydroxylation sites is 1. The molecule has 0 aliphatic rings. The molecule has 41 heavy (non-hydrogen) atoms. The highest BCUT2D eigenvalue weighted by molar-refractivity contribution is 5.94. The highest BCUT2D eigenvalue weighted by Gasteiger charge is 2.08. The molecule has 0 aliphatic heterocycles. The number of aromatic nitrogens is 3. The van der Waals surface area contributed by atoms with Crippen molar-refractivity contribution in [3.8, 4) is 5.75 Å². The Labute approximate surface area is 239 Å². The quantitative estimate of drug-likeness (QED) is 0.141. The highest BCUT2D eigenvalue weighted by atomic mass is 16.5. The molecule has 0 unspecified atom stereocenters. The van der Waals surface area contributed by atoms with Gasteiger partial charge in [-0.1, -0.05) is 48.5 Å². The first-order valence-electron chi connectivity index (χ1n) is 13.4. The summed E-state index contributed by atoms with van der Waals surface area (Å²) < 4.78 is 16.4. The molecular formula is C30H35N7O4. The van der Waals surface area contributed by atoms with Crippen molar-refractivity contribution in [3.63, 3.8) is 0 Å². The standard InChI is InChI=1S/C30H35N7O4/c1-39-26-14-12-23(13-15-26)22-33-29-35-28(36-30(37-29)34-25-10-6-3-7-11-25)32-17-19-41-21-20-40-18-16-31-27(38)24-8-4-2-5-9-24/h2-15H,16-22H2,1H3,(H,31,38)(H3,32,33,34,35,36,37). The van der Waals surface area contributed by atoms with Gasteiger partial charge in [-0.25, -0.2) is 0 Å². The van der Waals surface area contributed by atoms with Crippen molar-refractivity contribution in [2.75, 3.05) is 62.6 Å². The molecule has 0 bridgehead atoms. The molecule has 1 heterocycles. The van der Waals surface area contributed by atoms with E-state index in [-0.39, 0.29) is 5.91 Å². The van der Waals surface area contributed by atoms with E-state index in [4.69, 9.17) is 14.2 Å². The number of nitrogens with zero attached hydrogens (tertiary/aromatic N) is 3. The summed E-state index contributed by atoms with van der Waals surface area (Å²) >= 11 is 0. The summed E-state index contributed by atoms with van der Waals surface area (Å²) in [4.78, 5) is 25.5. The largest absolute Gasteiger partial charge is 0.497 e. The fourth-order valence-corrected chi connectivity index (χ4v) is 3.65. The first kappa shape index (κ1) is 29.2. The van der Waals surface area contributed by atoms with Crippen LogP contribution in [0.4, 0.5) is 23.5 Å². The molecule has 0 spiro atoms. The Morgan fingerprint density at radius 2 is 1.29 bits per heavy atom. The summed E-state index contributed by atoms with van der Waals surface area (Å²) in [7, 11) is 1.64. The van der Waals surface area contributed by atoms with Crippen molar-refractivity contribution < 1.29 is 19.0 Å². The molecule has 0 fully saturated rings. The van der Waals surface area contributed by atoms with Gasteiger partial charge in [0.1, 0.15) is 5.75 Å². The number of anilines is 4. The van der Waals surface area contributed by atoms with Gasteiger partial charge in [-0.15, -0.1) is 0 Å². The van der Waals surface area contributed by atoms with Crippen LogP contribution < -0.4 is 26.0 Å². The SMILES string of the molecule is COc1ccc(CNc2nc(NCCOCCOCCNC(=O)c3ccccc3)nc(Nc3ccccc3)n2)cc1. The van der Waals surface area contributed by atoms with Crippen LogP contribution in [0.1, 0.15) is 15.9 Å². The van der Waals surface area contributed by atoms with E-state index in [2.05, 4.69) is 36.2 Å². The van der Waals surface area contributed by atoms with Crippen LogP contribution in [0, 0.1) is 0 Å². The highest BCUT2D eigenvalue weighted by Crippen LogP contribution is 2.17. The van der Waals surface area contributed by atoms with Gasteiger partial charge < -0.3 is 35.5 Å². The summed E-state index contributed by atoms with van der Waals surface area (Å²) in [6.45, 7) is 3.18. The second-order valence-corrected chi connectivity index (χ2v) is 8.77. The van der Waals surface area contributed by atoms with E-state index in [0.29, 0.717) is 69.5 Å². The van der Waals surface area contributed by atoms with Crippen molar-refractivity contribution >= 4 is 29.4 Å². The van der Waals surface area contributed by atoms with E-state index in [1.807, 2.05) is 72.8 Å². The Bertz CT molecular complexity index is 1330. The lowest BCUT2D eigenvalue weighted by Gasteiger charge is -2.12. The minimum Gasteiger partial charge on any atom is -0.497 e. The van der Waals surface area contributed by atoms with E-state index in [1.54, 1.807) is 19.2 Å². The molecule has 11 heteroatoms. The Morgan fingerprint density at radius 1 is 0.683 bits per heavy atom. The van der Waals surface area contributed by atoms with Crippen LogP contribution in [0.25, 0.3) is 0 Å². The van der Waals surface area contributed by atoms with Crippen LogP contribution in [0.15, 0.2) is 84.9 Å². The van der Waals surface area contributed by atoms with Gasteiger partial charge in [0.2, 0.25) is 17.8 Å². The van der Waals surface area contributed by atoms with Gasteiger partial charge in [0, 0.05) is 30.9 Å². The summed E-state index contributed by atoms with van der Waals surface area (Å²) in [6, 6.07) is 26.6. The number of amides is 1. The fourth-order valence-electron chi connectivity index (χ4n) is 3.65. The Hall–Kier alpha value is -4.74. The zero-order chi connectivity index (χ0) is 28.5. The van der Waals surface area contributed by atoms with Crippen LogP contribution in [0.5, 0.6) is 5.75 Å². The van der Waals surface area contributed by atoms with Crippen molar-refractivity contribution in [1.29, 1.82) is 0 Å². The zero-order valence-electron chi connectivity index (χ0n) is 23.0. The molecule has 1 aromatic heterocycles. The lowest BCUT2D eigenvalue weighted by molar-refractivity contribution is 0.0519. The van der Waals surface area contributed by atoms with Gasteiger partial charge in [0.25, 0.3) is 5.91 Å². The van der Waals surface area contributed by atoms with Crippen molar-refractivity contribution in [2.45, 2.75) is 6.54 Å². The Morgan fingerprint density at radius 3 is 1.98 bits per heavy atom. The van der Waals surface area contributed by atoms with E-state index in [0.717, 1.165) is 17.0 Å². The van der Waals surface area contributed by atoms with E-state index in [1.165, 1.54) is 0 Å². The molecule has 4 N–H and O–H groups in total. The summed E-state index contributed by atoms with van der Waals surface area (Å²) in [5, 5.41) is 12.5. The van der Waals surface area contributed by atoms with Gasteiger partial charge in [0.05, 0.1) is 33.5 Å². The molecule has 4 aromatic rings. The number of carbonyl (C=O) groups is 1. The average Bonchev–Trinajstić information content (AvgIpc) is 3.02. The van der Waals surface area contributed by atoms with Gasteiger partial charge in [-0.2, -0.15) is 15.0 Å². The second-order valence-electron chi connectivity index (χ2n) is 8.77. The van der Waals surface area contributed by atoms with E-state index < -0.39 is 0 Å². The van der Waals surface area contributed by atoms with Gasteiger partial charge >= 0.3 is 0 Å². The average molecular weight is 558 g/mol. The van der Waals surface area contributed by atoms with E-state index >= 15 is 0 Å². The number of hydrogen-bond donors (Lipinski definition) is 4. The molecule has 0 aliphatic carbocycles. The number of nitrogens with one attached hydrogen (secondary N) is 4. The van der Waals surface area contributed by atoms with Crippen molar-refractivity contribution in [1.82, 2.24) is 20.3 Å². The molecule has 0 saturated heterocycles. The maximum absolute atomic E-state index is 12.0. The summed E-state index contributed by atoms with van der Waals surface area (Å²) in [5.41, 5.74) is 2.56. The van der Waals surface area contributed by atoms with Gasteiger partial charge in [-0.05, 0) is 42.0 Å². The van der Waals surface area contributed by atoms with Crippen LogP contribution in [-0.4, -0.2) is 67.5 Å². The minimum atomic E-state index is -0.115. The van der Waals surface area contributed by atoms with Crippen LogP contribution in [0.3, 0.4) is 0 Å². The number of methoxy groups -OCH3 is 1. The molecule has 4 rings (SSSR count). The molecule has 1 amide bonds. The maximum atomic E-state index is 12.0. The third kappa shape index (κ3) is 10.4. The maximum Gasteiger partial charge on any atom is 0.251 e. The first-order valence-corrected chi connectivity index (χ1v) is 13.4. The predicted molar refractivity (Wildman–Crippen MR) is 159 cm³/mol. The van der Waals surface area contributed by atoms with Gasteiger partial charge in [-0.3, -0.25) is 4.79 Å². The minimum absolute atomic E-state index is 0.115. The third-order valence-electron chi connectivity index (χ3n) is 5.74. The summed E-state index contributed by atoms with van der Waals surface area (Å²) in [6.07, 6.45) is 0. The fraction of sp³-hybridized carbons (Fsp3) is 0.267. The van der Waals surface area contributed by atoms with E-state index in [9.17, 15) is 4.79 Å². The topological polar surface area (TPSA) is 132 Å². The first-order chi connectivity index (χ1) is 20.2. The molecule has 0 saturated carbocycles. The Balaban J connectivity index is 1.18. The molecule has 0 radical (unpaired) electrons. The van der Waals surface area contributed by atoms with Crippen LogP contribution >= 0.6 is 0 Å². The number of ether oxygens (including phenoxy) is 3. The molecule has 11 nitrogen and oxygen atoms in total. The lowest BCUT2D eigenvalue weighted by atomic mass is 10.2. The van der Waals surface area contributed by atoms with Crippen LogP contribution in [0.2, 0.25) is 0 Å². The summed E-state index contributed by atoms with van der Waals surface area (Å²) in [5.74, 6) is 1.96. The molecule has 3 aromatic carbocycles. The van der Waals surface area contributed by atoms with Crippen molar-refractivity contribution in [2.24, 2.45) is 0 Å². The molecule has 214 valence electrons. The molecule has 0 atom stereocenters. The number of rotatable bonds is 17. The number of benzene rings is 3. The smallest absolute Gasteiger partial charge is 0.251 e. The lowest BCUT2D eigenvalue weighted by Crippen LogP contribution is -2.27. The third-order valence-corrected chi connectivity index (χ3v) is 5.74. The number of hydrogen-bond acceptors (Lipinski definition) is 10. The Kier molecular flexibility index (Phi) is 11.7. The zero-order valence-corrected chi connectivity index (χ0v) is 23.0. The van der Waals surface area contributed by atoms with Crippen molar-refractivity contribution in [3.05, 3.63) is 96.1 Å². The molecular weight excluding hydrogens is 522 g/mol. The number of carbonyl (C=O) groups excluding carboxylic acids is 1. The second kappa shape index (κ2) is 16.4. The normalized spacial score (nSPS) is 10.6. The predicted octanol–water partition coefficient (Wildman–Crippen LogP) is 4.11. The van der Waals surface area contributed by atoms with Gasteiger partial charge in [0.15, 0.2) is 0 Å².